The van der Waals surface area contributed by atoms with Crippen LogP contribution in [-0.4, -0.2) is 40.2 Å². The lowest BCUT2D eigenvalue weighted by molar-refractivity contribution is -0.141. The topological polar surface area (TPSA) is 75.5 Å². The van der Waals surface area contributed by atoms with E-state index >= 15 is 0 Å². The Morgan fingerprint density at radius 1 is 1.53 bits per heavy atom. The van der Waals surface area contributed by atoms with Crippen molar-refractivity contribution in [1.29, 1.82) is 0 Å². The van der Waals surface area contributed by atoms with Crippen molar-refractivity contribution in [3.05, 3.63) is 12.4 Å². The lowest BCUT2D eigenvalue weighted by Gasteiger charge is -2.31. The normalized spacial score (nSPS) is 19.5. The highest BCUT2D eigenvalue weighted by Crippen LogP contribution is 2.22. The fourth-order valence-corrected chi connectivity index (χ4v) is 2.18. The van der Waals surface area contributed by atoms with Crippen LogP contribution in [0.1, 0.15) is 26.7 Å². The van der Waals surface area contributed by atoms with Crippen molar-refractivity contribution in [3.8, 4) is 5.88 Å². The molecule has 1 aliphatic rings. The zero-order chi connectivity index (χ0) is 13.8. The van der Waals surface area contributed by atoms with Gasteiger partial charge in [-0.25, -0.2) is 0 Å². The van der Waals surface area contributed by atoms with E-state index in [0.29, 0.717) is 18.2 Å². The van der Waals surface area contributed by atoms with Gasteiger partial charge in [-0.15, -0.1) is 0 Å². The summed E-state index contributed by atoms with van der Waals surface area (Å²) in [5.74, 6) is 0.0894. The van der Waals surface area contributed by atoms with Gasteiger partial charge >= 0.3 is 5.97 Å². The highest BCUT2D eigenvalue weighted by Gasteiger charge is 2.26. The Morgan fingerprint density at radius 3 is 3.00 bits per heavy atom. The molecule has 1 aromatic heterocycles. The zero-order valence-corrected chi connectivity index (χ0v) is 11.2. The van der Waals surface area contributed by atoms with Crippen molar-refractivity contribution in [2.45, 2.75) is 32.8 Å². The second-order valence-electron chi connectivity index (χ2n) is 5.01. The van der Waals surface area contributed by atoms with Gasteiger partial charge in [-0.3, -0.25) is 9.78 Å². The molecule has 6 nitrogen and oxygen atoms in total. The van der Waals surface area contributed by atoms with Crippen molar-refractivity contribution < 1.29 is 14.6 Å². The number of piperidine rings is 1. The average molecular weight is 265 g/mol. The summed E-state index contributed by atoms with van der Waals surface area (Å²) in [5, 5.41) is 9.09. The molecular formula is C13H19N3O3. The molecule has 0 bridgehead atoms. The third kappa shape index (κ3) is 3.56. The molecule has 1 atom stereocenters. The van der Waals surface area contributed by atoms with Crippen molar-refractivity contribution >= 4 is 11.8 Å². The minimum atomic E-state index is -0.743. The van der Waals surface area contributed by atoms with Crippen LogP contribution in [0.25, 0.3) is 0 Å². The maximum atomic E-state index is 11.1. The summed E-state index contributed by atoms with van der Waals surface area (Å²) in [7, 11) is 0. The van der Waals surface area contributed by atoms with E-state index in [4.69, 9.17) is 9.84 Å². The van der Waals surface area contributed by atoms with Crippen LogP contribution in [-0.2, 0) is 4.79 Å². The first-order valence-electron chi connectivity index (χ1n) is 6.52. The summed E-state index contributed by atoms with van der Waals surface area (Å²) >= 11 is 0. The molecule has 1 saturated heterocycles. The van der Waals surface area contributed by atoms with Gasteiger partial charge < -0.3 is 14.7 Å². The second-order valence-corrected chi connectivity index (χ2v) is 5.01. The van der Waals surface area contributed by atoms with Gasteiger partial charge in [0, 0.05) is 13.1 Å². The van der Waals surface area contributed by atoms with E-state index in [-0.39, 0.29) is 12.0 Å². The van der Waals surface area contributed by atoms with E-state index in [2.05, 4.69) is 9.97 Å². The Balaban J connectivity index is 2.10. The quantitative estimate of drug-likeness (QED) is 0.890. The van der Waals surface area contributed by atoms with E-state index in [1.165, 1.54) is 0 Å². The standard InChI is InChI=1S/C13H19N3O3/c1-9(2)19-12-7-14-6-11(15-12)16-5-3-4-10(8-16)13(17)18/h6-7,9-10H,3-5,8H2,1-2H3,(H,17,18). The highest BCUT2D eigenvalue weighted by molar-refractivity contribution is 5.71. The lowest BCUT2D eigenvalue weighted by atomic mass is 9.98. The second kappa shape index (κ2) is 5.86. The number of carboxylic acid groups (broad SMARTS) is 1. The number of aromatic nitrogens is 2. The summed E-state index contributed by atoms with van der Waals surface area (Å²) in [6.45, 7) is 5.14. The first-order chi connectivity index (χ1) is 9.06. The van der Waals surface area contributed by atoms with Crippen LogP contribution in [0.4, 0.5) is 5.82 Å². The van der Waals surface area contributed by atoms with Crippen molar-refractivity contribution in [2.75, 3.05) is 18.0 Å². The lowest BCUT2D eigenvalue weighted by Crippen LogP contribution is -2.39. The molecular weight excluding hydrogens is 246 g/mol. The molecule has 0 aromatic carbocycles. The summed E-state index contributed by atoms with van der Waals surface area (Å²) in [6, 6.07) is 0. The number of anilines is 1. The molecule has 104 valence electrons. The maximum absolute atomic E-state index is 11.1. The predicted octanol–water partition coefficient (Wildman–Crippen LogP) is 1.56. The van der Waals surface area contributed by atoms with Crippen LogP contribution in [0.3, 0.4) is 0 Å². The summed E-state index contributed by atoms with van der Waals surface area (Å²) in [4.78, 5) is 21.5. The first-order valence-corrected chi connectivity index (χ1v) is 6.52. The largest absolute Gasteiger partial charge is 0.481 e. The molecule has 0 radical (unpaired) electrons. The minimum absolute atomic E-state index is 0.0395. The van der Waals surface area contributed by atoms with Crippen LogP contribution >= 0.6 is 0 Å². The Labute approximate surface area is 112 Å². The van der Waals surface area contributed by atoms with Crippen molar-refractivity contribution in [1.82, 2.24) is 9.97 Å². The molecule has 2 heterocycles. The fraction of sp³-hybridized carbons (Fsp3) is 0.615. The van der Waals surface area contributed by atoms with Crippen LogP contribution in [0.5, 0.6) is 5.88 Å². The summed E-state index contributed by atoms with van der Waals surface area (Å²) < 4.78 is 5.50. The Hall–Kier alpha value is -1.85. The monoisotopic (exact) mass is 265 g/mol. The fourth-order valence-electron chi connectivity index (χ4n) is 2.18. The van der Waals surface area contributed by atoms with Crippen LogP contribution in [0, 0.1) is 5.92 Å². The smallest absolute Gasteiger partial charge is 0.308 e. The molecule has 0 saturated carbocycles. The molecule has 1 aliphatic heterocycles. The first kappa shape index (κ1) is 13.6. The Bertz CT molecular complexity index is 451. The third-order valence-electron chi connectivity index (χ3n) is 3.05. The number of rotatable bonds is 4. The zero-order valence-electron chi connectivity index (χ0n) is 11.2. The van der Waals surface area contributed by atoms with Gasteiger partial charge in [0.05, 0.1) is 24.4 Å². The van der Waals surface area contributed by atoms with E-state index in [9.17, 15) is 4.79 Å². The van der Waals surface area contributed by atoms with Gasteiger partial charge in [0.25, 0.3) is 0 Å². The third-order valence-corrected chi connectivity index (χ3v) is 3.05. The van der Waals surface area contributed by atoms with E-state index in [1.54, 1.807) is 12.4 Å². The van der Waals surface area contributed by atoms with E-state index in [0.717, 1.165) is 19.4 Å². The highest BCUT2D eigenvalue weighted by atomic mass is 16.5. The van der Waals surface area contributed by atoms with Gasteiger partial charge in [0.15, 0.2) is 5.82 Å². The molecule has 6 heteroatoms. The minimum Gasteiger partial charge on any atom is -0.481 e. The molecule has 0 aliphatic carbocycles. The van der Waals surface area contributed by atoms with E-state index < -0.39 is 5.97 Å². The van der Waals surface area contributed by atoms with Gasteiger partial charge in [0.2, 0.25) is 5.88 Å². The van der Waals surface area contributed by atoms with Crippen LogP contribution in [0.15, 0.2) is 12.4 Å². The number of carbonyl (C=O) groups is 1. The Morgan fingerprint density at radius 2 is 2.32 bits per heavy atom. The molecule has 19 heavy (non-hydrogen) atoms. The molecule has 1 fully saturated rings. The number of nitrogens with zero attached hydrogens (tertiary/aromatic N) is 3. The molecule has 0 spiro atoms. The summed E-state index contributed by atoms with van der Waals surface area (Å²) in [5.41, 5.74) is 0. The number of aliphatic carboxylic acids is 1. The SMILES string of the molecule is CC(C)Oc1cncc(N2CCCC(C(=O)O)C2)n1. The number of ether oxygens (including phenoxy) is 1. The number of hydrogen-bond acceptors (Lipinski definition) is 5. The molecule has 1 unspecified atom stereocenters. The van der Waals surface area contributed by atoms with Gasteiger partial charge in [-0.05, 0) is 26.7 Å². The predicted molar refractivity (Wildman–Crippen MR) is 70.4 cm³/mol. The maximum Gasteiger partial charge on any atom is 0.308 e. The van der Waals surface area contributed by atoms with Gasteiger partial charge in [-0.1, -0.05) is 0 Å². The number of carboxylic acids is 1. The van der Waals surface area contributed by atoms with Gasteiger partial charge in [0.1, 0.15) is 0 Å². The van der Waals surface area contributed by atoms with Crippen molar-refractivity contribution in [3.63, 3.8) is 0 Å². The number of hydrogen-bond donors (Lipinski definition) is 1. The van der Waals surface area contributed by atoms with Gasteiger partial charge in [-0.2, -0.15) is 4.98 Å². The molecule has 2 rings (SSSR count). The molecule has 1 aromatic rings. The van der Waals surface area contributed by atoms with E-state index in [1.807, 2.05) is 18.7 Å². The molecule has 1 N–H and O–H groups in total. The summed E-state index contributed by atoms with van der Waals surface area (Å²) in [6.07, 6.45) is 4.84. The van der Waals surface area contributed by atoms with Crippen LogP contribution < -0.4 is 9.64 Å². The Kier molecular flexibility index (Phi) is 4.19. The van der Waals surface area contributed by atoms with Crippen molar-refractivity contribution in [2.24, 2.45) is 5.92 Å². The van der Waals surface area contributed by atoms with Crippen LogP contribution in [0.2, 0.25) is 0 Å². The molecule has 0 amide bonds. The average Bonchev–Trinajstić information content (AvgIpc) is 2.38.